The molecule has 0 aliphatic heterocycles. The molecule has 1 aromatic rings. The summed E-state index contributed by atoms with van der Waals surface area (Å²) in [4.78, 5) is 0. The molecule has 17 heavy (non-hydrogen) atoms. The fourth-order valence-electron chi connectivity index (χ4n) is 1.54. The highest BCUT2D eigenvalue weighted by atomic mass is 35.5. The minimum atomic E-state index is -2.99. The third-order valence-corrected chi connectivity index (χ3v) is 3.52. The van der Waals surface area contributed by atoms with Gasteiger partial charge < -0.3 is 10.1 Å². The molecule has 1 atom stereocenters. The van der Waals surface area contributed by atoms with Crippen molar-refractivity contribution in [2.75, 3.05) is 24.4 Å². The molecule has 0 radical (unpaired) electrons. The molecule has 0 bridgehead atoms. The lowest BCUT2D eigenvalue weighted by Crippen LogP contribution is -2.24. The standard InChI is InChI=1S/C11H16ClNO3S/c1-8(7-17(3,14)15)13-9-4-5-11(16-2)10(12)6-9/h4-6,8,13H,7H2,1-3H3. The highest BCUT2D eigenvalue weighted by Gasteiger charge is 2.11. The molecule has 0 saturated carbocycles. The zero-order chi connectivity index (χ0) is 13.1. The fourth-order valence-corrected chi connectivity index (χ4v) is 2.79. The molecule has 0 heterocycles. The molecule has 1 unspecified atom stereocenters. The van der Waals surface area contributed by atoms with Gasteiger partial charge in [0.25, 0.3) is 0 Å². The van der Waals surface area contributed by atoms with E-state index in [0.29, 0.717) is 10.8 Å². The van der Waals surface area contributed by atoms with Gasteiger partial charge in [-0.05, 0) is 25.1 Å². The van der Waals surface area contributed by atoms with Crippen LogP contribution in [0.15, 0.2) is 18.2 Å². The van der Waals surface area contributed by atoms with E-state index < -0.39 is 9.84 Å². The Balaban J connectivity index is 2.72. The second-order valence-corrected chi connectivity index (χ2v) is 6.58. The van der Waals surface area contributed by atoms with E-state index in [0.717, 1.165) is 5.69 Å². The number of sulfone groups is 1. The highest BCUT2D eigenvalue weighted by molar-refractivity contribution is 7.90. The molecular weight excluding hydrogens is 262 g/mol. The Kier molecular flexibility index (Phi) is 4.65. The topological polar surface area (TPSA) is 55.4 Å². The minimum Gasteiger partial charge on any atom is -0.495 e. The maximum absolute atomic E-state index is 11.1. The van der Waals surface area contributed by atoms with Crippen molar-refractivity contribution in [1.29, 1.82) is 0 Å². The molecular formula is C11H16ClNO3S. The Morgan fingerprint density at radius 3 is 2.59 bits per heavy atom. The fraction of sp³-hybridized carbons (Fsp3) is 0.455. The van der Waals surface area contributed by atoms with Crippen molar-refractivity contribution < 1.29 is 13.2 Å². The third-order valence-electron chi connectivity index (χ3n) is 2.12. The lowest BCUT2D eigenvalue weighted by Gasteiger charge is -2.15. The van der Waals surface area contributed by atoms with Crippen LogP contribution in [0.3, 0.4) is 0 Å². The molecule has 0 spiro atoms. The molecule has 0 aliphatic rings. The van der Waals surface area contributed by atoms with Gasteiger partial charge in [-0.1, -0.05) is 11.6 Å². The van der Waals surface area contributed by atoms with E-state index in [1.807, 2.05) is 0 Å². The van der Waals surface area contributed by atoms with Gasteiger partial charge in [0, 0.05) is 18.0 Å². The summed E-state index contributed by atoms with van der Waals surface area (Å²) in [6.07, 6.45) is 1.21. The normalized spacial score (nSPS) is 13.2. The average Bonchev–Trinajstić information content (AvgIpc) is 2.14. The molecule has 1 aromatic carbocycles. The molecule has 0 aliphatic carbocycles. The van der Waals surface area contributed by atoms with E-state index in [1.54, 1.807) is 32.2 Å². The molecule has 1 N–H and O–H groups in total. The van der Waals surface area contributed by atoms with Crippen molar-refractivity contribution in [2.45, 2.75) is 13.0 Å². The zero-order valence-electron chi connectivity index (χ0n) is 10.0. The summed E-state index contributed by atoms with van der Waals surface area (Å²) in [6.45, 7) is 1.80. The van der Waals surface area contributed by atoms with Gasteiger partial charge in [-0.15, -0.1) is 0 Å². The first kappa shape index (κ1) is 14.1. The first-order chi connectivity index (χ1) is 7.81. The number of benzene rings is 1. The van der Waals surface area contributed by atoms with Crippen molar-refractivity contribution in [3.8, 4) is 5.75 Å². The lowest BCUT2D eigenvalue weighted by atomic mass is 10.2. The van der Waals surface area contributed by atoms with E-state index in [4.69, 9.17) is 16.3 Å². The van der Waals surface area contributed by atoms with Gasteiger partial charge in [0.05, 0.1) is 17.9 Å². The second kappa shape index (κ2) is 5.60. The molecule has 0 saturated heterocycles. The molecule has 4 nitrogen and oxygen atoms in total. The number of hydrogen-bond donors (Lipinski definition) is 1. The summed E-state index contributed by atoms with van der Waals surface area (Å²) in [5.41, 5.74) is 0.770. The van der Waals surface area contributed by atoms with Crippen LogP contribution in [0.4, 0.5) is 5.69 Å². The Morgan fingerprint density at radius 2 is 2.12 bits per heavy atom. The quantitative estimate of drug-likeness (QED) is 0.896. The first-order valence-corrected chi connectivity index (χ1v) is 7.53. The van der Waals surface area contributed by atoms with Gasteiger partial charge in [0.1, 0.15) is 15.6 Å². The lowest BCUT2D eigenvalue weighted by molar-refractivity contribution is 0.415. The summed E-state index contributed by atoms with van der Waals surface area (Å²) < 4.78 is 27.3. The van der Waals surface area contributed by atoms with Gasteiger partial charge in [-0.2, -0.15) is 0 Å². The van der Waals surface area contributed by atoms with Gasteiger partial charge in [-0.25, -0.2) is 8.42 Å². The molecule has 6 heteroatoms. The van der Waals surface area contributed by atoms with Crippen LogP contribution in [0.5, 0.6) is 5.75 Å². The van der Waals surface area contributed by atoms with Crippen molar-refractivity contribution >= 4 is 27.1 Å². The summed E-state index contributed by atoms with van der Waals surface area (Å²) >= 11 is 5.96. The van der Waals surface area contributed by atoms with Gasteiger partial charge in [0.15, 0.2) is 0 Å². The van der Waals surface area contributed by atoms with Crippen LogP contribution in [-0.2, 0) is 9.84 Å². The number of nitrogens with one attached hydrogen (secondary N) is 1. The average molecular weight is 278 g/mol. The number of halogens is 1. The van der Waals surface area contributed by atoms with Gasteiger partial charge in [0.2, 0.25) is 0 Å². The van der Waals surface area contributed by atoms with Crippen molar-refractivity contribution in [3.05, 3.63) is 23.2 Å². The van der Waals surface area contributed by atoms with E-state index >= 15 is 0 Å². The predicted octanol–water partition coefficient (Wildman–Crippen LogP) is 2.19. The Hall–Kier alpha value is -0.940. The number of methoxy groups -OCH3 is 1. The Bertz CT molecular complexity index is 487. The number of rotatable bonds is 5. The Labute approximate surface area is 107 Å². The first-order valence-electron chi connectivity index (χ1n) is 5.09. The maximum Gasteiger partial charge on any atom is 0.149 e. The summed E-state index contributed by atoms with van der Waals surface area (Å²) in [7, 11) is -1.44. The smallest absolute Gasteiger partial charge is 0.149 e. The van der Waals surface area contributed by atoms with Crippen LogP contribution < -0.4 is 10.1 Å². The van der Waals surface area contributed by atoms with E-state index in [-0.39, 0.29) is 11.8 Å². The van der Waals surface area contributed by atoms with E-state index in [2.05, 4.69) is 5.32 Å². The van der Waals surface area contributed by atoms with E-state index in [9.17, 15) is 8.42 Å². The minimum absolute atomic E-state index is 0.0800. The van der Waals surface area contributed by atoms with Crippen LogP contribution >= 0.6 is 11.6 Å². The van der Waals surface area contributed by atoms with E-state index in [1.165, 1.54) is 6.26 Å². The van der Waals surface area contributed by atoms with Crippen molar-refractivity contribution in [1.82, 2.24) is 0 Å². The monoisotopic (exact) mass is 277 g/mol. The van der Waals surface area contributed by atoms with Gasteiger partial charge in [-0.3, -0.25) is 0 Å². The zero-order valence-corrected chi connectivity index (χ0v) is 11.6. The maximum atomic E-state index is 11.1. The van der Waals surface area contributed by atoms with Crippen molar-refractivity contribution in [3.63, 3.8) is 0 Å². The largest absolute Gasteiger partial charge is 0.495 e. The van der Waals surface area contributed by atoms with Crippen LogP contribution in [0.25, 0.3) is 0 Å². The Morgan fingerprint density at radius 1 is 1.47 bits per heavy atom. The number of ether oxygens (including phenoxy) is 1. The van der Waals surface area contributed by atoms with Crippen molar-refractivity contribution in [2.24, 2.45) is 0 Å². The number of anilines is 1. The number of hydrogen-bond acceptors (Lipinski definition) is 4. The van der Waals surface area contributed by atoms with Crippen LogP contribution in [0, 0.1) is 0 Å². The molecule has 0 fully saturated rings. The SMILES string of the molecule is COc1ccc(NC(C)CS(C)(=O)=O)cc1Cl. The summed E-state index contributed by atoms with van der Waals surface area (Å²) in [5, 5.41) is 3.56. The van der Waals surface area contributed by atoms with Crippen LogP contribution in [-0.4, -0.2) is 33.6 Å². The molecule has 1 rings (SSSR count). The van der Waals surface area contributed by atoms with Gasteiger partial charge >= 0.3 is 0 Å². The highest BCUT2D eigenvalue weighted by Crippen LogP contribution is 2.27. The molecule has 96 valence electrons. The van der Waals surface area contributed by atoms with Crippen LogP contribution in [0.2, 0.25) is 5.02 Å². The molecule has 0 aromatic heterocycles. The van der Waals surface area contributed by atoms with Crippen LogP contribution in [0.1, 0.15) is 6.92 Å². The predicted molar refractivity (Wildman–Crippen MR) is 70.8 cm³/mol. The third kappa shape index (κ3) is 4.83. The molecule has 0 amide bonds. The second-order valence-electron chi connectivity index (χ2n) is 3.99. The summed E-state index contributed by atoms with van der Waals surface area (Å²) in [6, 6.07) is 5.06. The summed E-state index contributed by atoms with van der Waals surface area (Å²) in [5.74, 6) is 0.671.